The minimum atomic E-state index is 0. The van der Waals surface area contributed by atoms with Crippen LogP contribution in [0.1, 0.15) is 33.6 Å². The van der Waals surface area contributed by atoms with Crippen LogP contribution in [0.25, 0.3) is 0 Å². The number of aliphatic imine (C=N–C) groups is 1. The highest BCUT2D eigenvalue weighted by Crippen LogP contribution is 2.27. The van der Waals surface area contributed by atoms with E-state index in [1.165, 1.54) is 0 Å². The van der Waals surface area contributed by atoms with Gasteiger partial charge in [0.25, 0.3) is 0 Å². The van der Waals surface area contributed by atoms with Crippen LogP contribution in [0.15, 0.2) is 29.3 Å². The van der Waals surface area contributed by atoms with Crippen LogP contribution >= 0.6 is 24.0 Å². The lowest BCUT2D eigenvalue weighted by molar-refractivity contribution is -0.121. The first-order valence-electron chi connectivity index (χ1n) is 9.90. The maximum atomic E-state index is 11.9. The van der Waals surface area contributed by atoms with Crippen molar-refractivity contribution in [2.75, 3.05) is 44.2 Å². The molecule has 0 spiro atoms. The summed E-state index contributed by atoms with van der Waals surface area (Å²) >= 11 is 0. The molecule has 1 atom stereocenters. The average Bonchev–Trinajstić information content (AvgIpc) is 2.68. The van der Waals surface area contributed by atoms with E-state index in [9.17, 15) is 9.90 Å². The molecule has 0 aromatic heterocycles. The van der Waals surface area contributed by atoms with Gasteiger partial charge in [0.05, 0.1) is 12.2 Å². The lowest BCUT2D eigenvalue weighted by atomic mass is 10.2. The molecule has 158 valence electrons. The number of phenolic OH excluding ortho intramolecular Hbond substituents is 1. The van der Waals surface area contributed by atoms with E-state index in [0.717, 1.165) is 50.8 Å². The Balaban J connectivity index is 0.00000392. The molecule has 3 N–H and O–H groups in total. The Morgan fingerprint density at radius 3 is 2.50 bits per heavy atom. The summed E-state index contributed by atoms with van der Waals surface area (Å²) in [6.07, 6.45) is 1.33. The lowest BCUT2D eigenvalue weighted by Gasteiger charge is -2.37. The van der Waals surface area contributed by atoms with Gasteiger partial charge in [0, 0.05) is 45.2 Å². The molecule has 0 saturated carbocycles. The maximum absolute atomic E-state index is 11.9. The van der Waals surface area contributed by atoms with E-state index in [4.69, 9.17) is 0 Å². The molecule has 1 amide bonds. The zero-order chi connectivity index (χ0) is 19.6. The number of para-hydroxylation sites is 2. The first-order chi connectivity index (χ1) is 13.0. The minimum absolute atomic E-state index is 0. The van der Waals surface area contributed by atoms with Gasteiger partial charge >= 0.3 is 0 Å². The second kappa shape index (κ2) is 12.7. The quantitative estimate of drug-likeness (QED) is 0.303. The lowest BCUT2D eigenvalue weighted by Crippen LogP contribution is -2.52. The number of aromatic hydroxyl groups is 1. The molecule has 0 radical (unpaired) electrons. The number of nitrogens with one attached hydrogen (secondary N) is 2. The molecule has 1 aliphatic rings. The number of phenols is 1. The number of carbonyl (C=O) groups excluding carboxylic acids is 1. The first kappa shape index (κ1) is 24.3. The molecule has 1 heterocycles. The number of amides is 1. The number of benzene rings is 1. The van der Waals surface area contributed by atoms with Crippen LogP contribution in [-0.2, 0) is 4.79 Å². The summed E-state index contributed by atoms with van der Waals surface area (Å²) in [5.74, 6) is 1.22. The van der Waals surface area contributed by atoms with Gasteiger partial charge < -0.3 is 25.5 Å². The summed E-state index contributed by atoms with van der Waals surface area (Å²) < 4.78 is 0. The summed E-state index contributed by atoms with van der Waals surface area (Å²) in [6, 6.07) is 7.65. The molecular formula is C20H34IN5O2. The number of hydrogen-bond donors (Lipinski definition) is 3. The second-order valence-corrected chi connectivity index (χ2v) is 6.83. The number of rotatable bonds is 7. The van der Waals surface area contributed by atoms with Crippen LogP contribution in [0.4, 0.5) is 5.69 Å². The average molecular weight is 503 g/mol. The summed E-state index contributed by atoms with van der Waals surface area (Å²) in [5, 5.41) is 16.3. The fourth-order valence-corrected chi connectivity index (χ4v) is 3.03. The Kier molecular flexibility index (Phi) is 11.0. The Morgan fingerprint density at radius 1 is 1.21 bits per heavy atom. The van der Waals surface area contributed by atoms with E-state index >= 15 is 0 Å². The number of nitrogens with zero attached hydrogens (tertiary/aromatic N) is 3. The maximum Gasteiger partial charge on any atom is 0.222 e. The Hall–Kier alpha value is -1.71. The Labute approximate surface area is 185 Å². The third-order valence-electron chi connectivity index (χ3n) is 4.76. The van der Waals surface area contributed by atoms with Gasteiger partial charge in [-0.2, -0.15) is 0 Å². The van der Waals surface area contributed by atoms with Crippen molar-refractivity contribution in [1.82, 2.24) is 15.5 Å². The topological polar surface area (TPSA) is 80.2 Å². The van der Waals surface area contributed by atoms with Gasteiger partial charge in [0.1, 0.15) is 5.75 Å². The predicted octanol–water partition coefficient (Wildman–Crippen LogP) is 2.40. The van der Waals surface area contributed by atoms with E-state index in [1.807, 2.05) is 32.0 Å². The number of halogens is 1. The van der Waals surface area contributed by atoms with Crippen LogP contribution in [-0.4, -0.2) is 67.2 Å². The Morgan fingerprint density at radius 2 is 1.89 bits per heavy atom. The fourth-order valence-electron chi connectivity index (χ4n) is 3.03. The van der Waals surface area contributed by atoms with E-state index < -0.39 is 0 Å². The van der Waals surface area contributed by atoms with Gasteiger partial charge in [-0.15, -0.1) is 24.0 Å². The number of piperazine rings is 1. The van der Waals surface area contributed by atoms with Gasteiger partial charge in [-0.3, -0.25) is 9.79 Å². The molecule has 1 aliphatic heterocycles. The number of anilines is 1. The van der Waals surface area contributed by atoms with Crippen LogP contribution < -0.4 is 15.5 Å². The summed E-state index contributed by atoms with van der Waals surface area (Å²) in [5.41, 5.74) is 0.876. The molecule has 8 heteroatoms. The molecule has 0 bridgehead atoms. The molecule has 7 nitrogen and oxygen atoms in total. The highest BCUT2D eigenvalue weighted by atomic mass is 127. The predicted molar refractivity (Wildman–Crippen MR) is 126 cm³/mol. The molecule has 1 unspecified atom stereocenters. The van der Waals surface area contributed by atoms with Crippen molar-refractivity contribution in [3.63, 3.8) is 0 Å². The van der Waals surface area contributed by atoms with E-state index in [-0.39, 0.29) is 35.9 Å². The number of carbonyl (C=O) groups is 1. The van der Waals surface area contributed by atoms with Crippen LogP contribution in [0, 0.1) is 0 Å². The molecule has 1 aromatic rings. The first-order valence-corrected chi connectivity index (χ1v) is 9.90. The highest BCUT2D eigenvalue weighted by Gasteiger charge is 2.21. The monoisotopic (exact) mass is 503 g/mol. The molecule has 1 saturated heterocycles. The summed E-state index contributed by atoms with van der Waals surface area (Å²) in [7, 11) is 0. The van der Waals surface area contributed by atoms with E-state index in [2.05, 4.69) is 32.3 Å². The molecule has 1 fully saturated rings. The van der Waals surface area contributed by atoms with Crippen molar-refractivity contribution in [1.29, 1.82) is 0 Å². The SMILES string of the molecule is CCNC(=NCCC(=O)NC(C)CC)N1CCN(c2ccccc2O)CC1.I. The van der Waals surface area contributed by atoms with Crippen molar-refractivity contribution in [2.45, 2.75) is 39.7 Å². The van der Waals surface area contributed by atoms with E-state index in [1.54, 1.807) is 6.07 Å². The standard InChI is InChI=1S/C20H33N5O2.HI/c1-4-16(3)23-19(27)10-11-22-20(21-5-2)25-14-12-24(13-15-25)17-8-6-7-9-18(17)26;/h6-9,16,26H,4-5,10-15H2,1-3H3,(H,21,22)(H,23,27);1H. The van der Waals surface area contributed by atoms with Crippen molar-refractivity contribution in [3.8, 4) is 5.75 Å². The van der Waals surface area contributed by atoms with Crippen LogP contribution in [0.2, 0.25) is 0 Å². The molecule has 28 heavy (non-hydrogen) atoms. The fraction of sp³-hybridized carbons (Fsp3) is 0.600. The van der Waals surface area contributed by atoms with Gasteiger partial charge in [-0.05, 0) is 32.4 Å². The van der Waals surface area contributed by atoms with Gasteiger partial charge in [-0.25, -0.2) is 0 Å². The largest absolute Gasteiger partial charge is 0.506 e. The molecule has 2 rings (SSSR count). The van der Waals surface area contributed by atoms with Gasteiger partial charge in [-0.1, -0.05) is 19.1 Å². The van der Waals surface area contributed by atoms with Crippen LogP contribution in [0.3, 0.4) is 0 Å². The third kappa shape index (κ3) is 7.37. The molecule has 1 aromatic carbocycles. The van der Waals surface area contributed by atoms with Crippen molar-refractivity contribution in [3.05, 3.63) is 24.3 Å². The molecule has 0 aliphatic carbocycles. The van der Waals surface area contributed by atoms with Crippen molar-refractivity contribution < 1.29 is 9.90 Å². The zero-order valence-corrected chi connectivity index (χ0v) is 19.5. The number of guanidine groups is 1. The van der Waals surface area contributed by atoms with Crippen LogP contribution in [0.5, 0.6) is 5.75 Å². The normalized spacial score (nSPS) is 15.6. The summed E-state index contributed by atoms with van der Waals surface area (Å²) in [6.45, 7) is 10.6. The van der Waals surface area contributed by atoms with Crippen molar-refractivity contribution in [2.24, 2.45) is 4.99 Å². The second-order valence-electron chi connectivity index (χ2n) is 6.83. The Bertz CT molecular complexity index is 633. The van der Waals surface area contributed by atoms with Crippen molar-refractivity contribution >= 4 is 41.5 Å². The van der Waals surface area contributed by atoms with E-state index in [0.29, 0.717) is 18.7 Å². The minimum Gasteiger partial charge on any atom is -0.506 e. The zero-order valence-electron chi connectivity index (χ0n) is 17.1. The summed E-state index contributed by atoms with van der Waals surface area (Å²) in [4.78, 5) is 20.9. The van der Waals surface area contributed by atoms with Gasteiger partial charge in [0.15, 0.2) is 5.96 Å². The smallest absolute Gasteiger partial charge is 0.222 e. The van der Waals surface area contributed by atoms with Gasteiger partial charge in [0.2, 0.25) is 5.91 Å². The number of hydrogen-bond acceptors (Lipinski definition) is 4. The third-order valence-corrected chi connectivity index (χ3v) is 4.76. The molecular weight excluding hydrogens is 469 g/mol. The highest BCUT2D eigenvalue weighted by molar-refractivity contribution is 14.0.